The van der Waals surface area contributed by atoms with E-state index in [4.69, 9.17) is 5.11 Å². The number of carboxylic acids is 1. The van der Waals surface area contributed by atoms with Gasteiger partial charge in [0.25, 0.3) is 5.56 Å². The van der Waals surface area contributed by atoms with Gasteiger partial charge < -0.3 is 9.67 Å². The van der Waals surface area contributed by atoms with Crippen molar-refractivity contribution in [1.29, 1.82) is 0 Å². The summed E-state index contributed by atoms with van der Waals surface area (Å²) in [4.78, 5) is 22.2. The number of aliphatic carboxylic acids is 1. The first-order chi connectivity index (χ1) is 9.56. The number of nitrogens with zero attached hydrogens (tertiary/aromatic N) is 1. The molecule has 0 fully saturated rings. The van der Waals surface area contributed by atoms with E-state index in [1.54, 1.807) is 18.3 Å². The predicted octanol–water partition coefficient (Wildman–Crippen LogP) is 2.13. The van der Waals surface area contributed by atoms with Crippen LogP contribution in [0.1, 0.15) is 11.1 Å². The molecule has 0 aliphatic carbocycles. The van der Waals surface area contributed by atoms with Gasteiger partial charge in [-0.25, -0.2) is 9.18 Å². The highest BCUT2D eigenvalue weighted by molar-refractivity contribution is 5.85. The summed E-state index contributed by atoms with van der Waals surface area (Å²) >= 11 is 0. The minimum Gasteiger partial charge on any atom is -0.478 e. The van der Waals surface area contributed by atoms with Gasteiger partial charge in [-0.2, -0.15) is 0 Å². The largest absolute Gasteiger partial charge is 0.478 e. The number of pyridine rings is 1. The van der Waals surface area contributed by atoms with Crippen LogP contribution >= 0.6 is 0 Å². The molecule has 0 atom stereocenters. The third kappa shape index (κ3) is 3.41. The zero-order chi connectivity index (χ0) is 14.5. The zero-order valence-electron chi connectivity index (χ0n) is 10.5. The molecule has 0 bridgehead atoms. The minimum atomic E-state index is -1.11. The summed E-state index contributed by atoms with van der Waals surface area (Å²) in [7, 11) is 0. The summed E-state index contributed by atoms with van der Waals surface area (Å²) in [5.41, 5.74) is 0.922. The van der Waals surface area contributed by atoms with E-state index in [0.29, 0.717) is 11.1 Å². The van der Waals surface area contributed by atoms with Crippen LogP contribution in [0.4, 0.5) is 4.39 Å². The third-order valence-electron chi connectivity index (χ3n) is 2.75. The maximum atomic E-state index is 13.2. The van der Waals surface area contributed by atoms with Gasteiger partial charge in [-0.05, 0) is 35.4 Å². The van der Waals surface area contributed by atoms with Crippen LogP contribution in [-0.4, -0.2) is 15.6 Å². The molecule has 0 spiro atoms. The van der Waals surface area contributed by atoms with E-state index in [-0.39, 0.29) is 12.1 Å². The molecule has 0 saturated carbocycles. The first-order valence-electron chi connectivity index (χ1n) is 5.91. The van der Waals surface area contributed by atoms with Crippen LogP contribution in [0, 0.1) is 5.82 Å². The minimum absolute atomic E-state index is 0.176. The van der Waals surface area contributed by atoms with Crippen molar-refractivity contribution >= 4 is 12.0 Å². The molecular formula is C15H12FNO3. The Kier molecular flexibility index (Phi) is 4.10. The van der Waals surface area contributed by atoms with Crippen molar-refractivity contribution in [2.24, 2.45) is 0 Å². The normalized spacial score (nSPS) is 10.8. The Hall–Kier alpha value is -2.69. The molecule has 0 saturated heterocycles. The molecule has 102 valence electrons. The number of hydrogen-bond donors (Lipinski definition) is 1. The van der Waals surface area contributed by atoms with Crippen LogP contribution in [0.2, 0.25) is 0 Å². The summed E-state index contributed by atoms with van der Waals surface area (Å²) in [6.07, 6.45) is 3.87. The van der Waals surface area contributed by atoms with Crippen molar-refractivity contribution in [1.82, 2.24) is 4.57 Å². The second kappa shape index (κ2) is 5.97. The second-order valence-corrected chi connectivity index (χ2v) is 4.18. The number of hydrogen-bond acceptors (Lipinski definition) is 2. The molecule has 5 heteroatoms. The number of rotatable bonds is 4. The van der Waals surface area contributed by atoms with Gasteiger partial charge in [0.15, 0.2) is 0 Å². The van der Waals surface area contributed by atoms with Crippen molar-refractivity contribution in [2.45, 2.75) is 6.54 Å². The maximum Gasteiger partial charge on any atom is 0.328 e. The predicted molar refractivity (Wildman–Crippen MR) is 72.9 cm³/mol. The molecule has 20 heavy (non-hydrogen) atoms. The summed E-state index contributed by atoms with van der Waals surface area (Å²) in [6, 6.07) is 8.84. The summed E-state index contributed by atoms with van der Waals surface area (Å²) < 4.78 is 14.7. The lowest BCUT2D eigenvalue weighted by Crippen LogP contribution is -2.18. The first kappa shape index (κ1) is 13.7. The lowest BCUT2D eigenvalue weighted by molar-refractivity contribution is -0.131. The van der Waals surface area contributed by atoms with Crippen molar-refractivity contribution in [3.63, 3.8) is 0 Å². The van der Waals surface area contributed by atoms with Crippen LogP contribution in [0.5, 0.6) is 0 Å². The molecule has 2 aromatic rings. The first-order valence-corrected chi connectivity index (χ1v) is 5.91. The van der Waals surface area contributed by atoms with Crippen molar-refractivity contribution < 1.29 is 14.3 Å². The fourth-order valence-electron chi connectivity index (χ4n) is 1.80. The lowest BCUT2D eigenvalue weighted by Gasteiger charge is -2.08. The smallest absolute Gasteiger partial charge is 0.328 e. The Bertz CT molecular complexity index is 719. The zero-order valence-corrected chi connectivity index (χ0v) is 10.5. The van der Waals surface area contributed by atoms with Crippen molar-refractivity contribution in [3.05, 3.63) is 76.0 Å². The molecule has 0 radical (unpaired) electrons. The molecule has 0 amide bonds. The Morgan fingerprint density at radius 2 is 2.10 bits per heavy atom. The van der Waals surface area contributed by atoms with Crippen LogP contribution < -0.4 is 5.56 Å². The molecule has 0 aliphatic heterocycles. The van der Waals surface area contributed by atoms with Gasteiger partial charge in [0.1, 0.15) is 5.82 Å². The third-order valence-corrected chi connectivity index (χ3v) is 2.75. The van der Waals surface area contributed by atoms with E-state index in [2.05, 4.69) is 0 Å². The molecule has 1 aromatic heterocycles. The van der Waals surface area contributed by atoms with E-state index in [0.717, 1.165) is 6.08 Å². The van der Waals surface area contributed by atoms with Gasteiger partial charge in [-0.15, -0.1) is 0 Å². The fraction of sp³-hybridized carbons (Fsp3) is 0.0667. The molecule has 0 aliphatic rings. The summed E-state index contributed by atoms with van der Waals surface area (Å²) in [5.74, 6) is -1.57. The number of aromatic nitrogens is 1. The average molecular weight is 273 g/mol. The van der Waals surface area contributed by atoms with Crippen molar-refractivity contribution in [3.8, 4) is 0 Å². The molecule has 4 nitrogen and oxygen atoms in total. The highest BCUT2D eigenvalue weighted by Crippen LogP contribution is 2.14. The number of carboxylic acid groups (broad SMARTS) is 1. The van der Waals surface area contributed by atoms with Gasteiger partial charge >= 0.3 is 5.97 Å². The lowest BCUT2D eigenvalue weighted by atomic mass is 10.1. The van der Waals surface area contributed by atoms with Gasteiger partial charge in [-0.3, -0.25) is 4.79 Å². The van der Waals surface area contributed by atoms with E-state index in [9.17, 15) is 14.0 Å². The molecule has 1 aromatic carbocycles. The van der Waals surface area contributed by atoms with Crippen LogP contribution in [0.25, 0.3) is 6.08 Å². The van der Waals surface area contributed by atoms with Crippen LogP contribution in [0.3, 0.4) is 0 Å². The molecule has 1 N–H and O–H groups in total. The Balaban J connectivity index is 2.39. The molecular weight excluding hydrogens is 261 g/mol. The monoisotopic (exact) mass is 273 g/mol. The quantitative estimate of drug-likeness (QED) is 0.868. The summed E-state index contributed by atoms with van der Waals surface area (Å²) in [5, 5.41) is 8.63. The highest BCUT2D eigenvalue weighted by atomic mass is 19.1. The molecule has 0 unspecified atom stereocenters. The van der Waals surface area contributed by atoms with Gasteiger partial charge in [0.2, 0.25) is 0 Å². The standard InChI is InChI=1S/C15H12FNO3/c16-13-6-4-12(11(9-13)5-7-15(19)20)10-17-8-2-1-3-14(17)18/h1-9H,10H2,(H,19,20). The van der Waals surface area contributed by atoms with E-state index < -0.39 is 11.8 Å². The van der Waals surface area contributed by atoms with Crippen molar-refractivity contribution in [2.75, 3.05) is 0 Å². The van der Waals surface area contributed by atoms with Crippen LogP contribution in [-0.2, 0) is 11.3 Å². The van der Waals surface area contributed by atoms with Gasteiger partial charge in [0, 0.05) is 18.3 Å². The number of benzene rings is 1. The van der Waals surface area contributed by atoms with E-state index >= 15 is 0 Å². The maximum absolute atomic E-state index is 13.2. The Morgan fingerprint density at radius 1 is 1.30 bits per heavy atom. The number of carbonyl (C=O) groups is 1. The fourth-order valence-corrected chi connectivity index (χ4v) is 1.80. The summed E-state index contributed by atoms with van der Waals surface area (Å²) in [6.45, 7) is 0.249. The van der Waals surface area contributed by atoms with E-state index in [1.165, 1.54) is 34.9 Å². The van der Waals surface area contributed by atoms with Gasteiger partial charge in [0.05, 0.1) is 6.54 Å². The molecule has 2 rings (SSSR count). The molecule has 1 heterocycles. The second-order valence-electron chi connectivity index (χ2n) is 4.18. The Labute approximate surface area is 114 Å². The SMILES string of the molecule is O=C(O)C=Cc1cc(F)ccc1Cn1ccccc1=O. The van der Waals surface area contributed by atoms with Crippen LogP contribution in [0.15, 0.2) is 53.5 Å². The topological polar surface area (TPSA) is 59.3 Å². The Morgan fingerprint density at radius 3 is 2.80 bits per heavy atom. The average Bonchev–Trinajstić information content (AvgIpc) is 2.41. The number of halogens is 1. The highest BCUT2D eigenvalue weighted by Gasteiger charge is 2.04. The van der Waals surface area contributed by atoms with E-state index in [1.807, 2.05) is 0 Å². The van der Waals surface area contributed by atoms with Gasteiger partial charge in [-0.1, -0.05) is 12.1 Å².